The van der Waals surface area contributed by atoms with Gasteiger partial charge in [0.2, 0.25) is 0 Å². The zero-order valence-corrected chi connectivity index (χ0v) is 8.88. The Bertz CT molecular complexity index is 55.5. The van der Waals surface area contributed by atoms with Crippen molar-refractivity contribution in [1.82, 2.24) is 0 Å². The Kier molecular flexibility index (Phi) is 21.6. The Morgan fingerprint density at radius 2 is 1.75 bits per heavy atom. The van der Waals surface area contributed by atoms with Crippen molar-refractivity contribution in [2.45, 2.75) is 20.8 Å². The van der Waals surface area contributed by atoms with Crippen molar-refractivity contribution in [3.05, 3.63) is 18.1 Å². The number of hydrogen-bond donors (Lipinski definition) is 0. The molecule has 0 fully saturated rings. The van der Waals surface area contributed by atoms with Gasteiger partial charge in [0.15, 0.2) is 0 Å². The number of halogens is 1. The van der Waals surface area contributed by atoms with Crippen LogP contribution in [0.25, 0.3) is 0 Å². The zero-order chi connectivity index (χ0) is 4.99. The van der Waals surface area contributed by atoms with Crippen molar-refractivity contribution in [3.8, 4) is 0 Å². The molecule has 0 unspecified atom stereocenters. The van der Waals surface area contributed by atoms with Crippen LogP contribution in [0.15, 0.2) is 11.6 Å². The standard InChI is InChI=1S/C6H11.ClH.Na/c1-4-5-6(2)3;;/h4-5H,1-3H3;1H;/q-1;;+1. The van der Waals surface area contributed by atoms with Crippen molar-refractivity contribution in [3.63, 3.8) is 0 Å². The van der Waals surface area contributed by atoms with Gasteiger partial charge in [0.05, 0.1) is 0 Å². The normalized spacial score (nSPS) is 5.38. The van der Waals surface area contributed by atoms with E-state index in [1.807, 2.05) is 13.3 Å². The Morgan fingerprint density at radius 3 is 1.75 bits per heavy atom. The number of hydrogen-bond acceptors (Lipinski definition) is 0. The van der Waals surface area contributed by atoms with E-state index in [2.05, 4.69) is 19.9 Å². The van der Waals surface area contributed by atoms with E-state index in [1.165, 1.54) is 5.57 Å². The Labute approximate surface area is 80.4 Å². The van der Waals surface area contributed by atoms with Gasteiger partial charge in [-0.05, 0) is 0 Å². The van der Waals surface area contributed by atoms with E-state index in [4.69, 9.17) is 0 Å². The minimum absolute atomic E-state index is 0. The summed E-state index contributed by atoms with van der Waals surface area (Å²) in [5.41, 5.74) is 1.36. The van der Waals surface area contributed by atoms with Crippen molar-refractivity contribution < 1.29 is 29.6 Å². The molecule has 44 valence electrons. The van der Waals surface area contributed by atoms with Crippen LogP contribution in [0, 0.1) is 6.42 Å². The maximum absolute atomic E-state index is 2.08. The van der Waals surface area contributed by atoms with Gasteiger partial charge in [-0.25, -0.2) is 18.1 Å². The summed E-state index contributed by atoms with van der Waals surface area (Å²) in [6.45, 7) is 6.19. The van der Waals surface area contributed by atoms with Crippen LogP contribution in [0.3, 0.4) is 0 Å². The molecule has 0 radical (unpaired) electrons. The van der Waals surface area contributed by atoms with Gasteiger partial charge in [-0.15, -0.1) is 33.2 Å². The predicted molar refractivity (Wildman–Crippen MR) is 36.7 cm³/mol. The van der Waals surface area contributed by atoms with E-state index in [9.17, 15) is 0 Å². The monoisotopic (exact) mass is 142 g/mol. The first-order chi connectivity index (χ1) is 2.77. The quantitative estimate of drug-likeness (QED) is 0.346. The second-order valence-electron chi connectivity index (χ2n) is 1.58. The van der Waals surface area contributed by atoms with Crippen LogP contribution in [-0.2, 0) is 0 Å². The molecule has 0 saturated heterocycles. The van der Waals surface area contributed by atoms with E-state index >= 15 is 0 Å². The SMILES string of the molecule is C[CH-]C=C(C)C.Cl.[Na+]. The van der Waals surface area contributed by atoms with Crippen LogP contribution in [0.5, 0.6) is 0 Å². The summed E-state index contributed by atoms with van der Waals surface area (Å²) < 4.78 is 0. The van der Waals surface area contributed by atoms with Crippen LogP contribution in [-0.4, -0.2) is 0 Å². The second kappa shape index (κ2) is 10.8. The van der Waals surface area contributed by atoms with Crippen LogP contribution < -0.4 is 29.6 Å². The van der Waals surface area contributed by atoms with Gasteiger partial charge in [-0.1, -0.05) is 0 Å². The molecule has 0 aromatic rings. The Morgan fingerprint density at radius 1 is 1.38 bits per heavy atom. The summed E-state index contributed by atoms with van der Waals surface area (Å²) in [6, 6.07) is 0. The van der Waals surface area contributed by atoms with Gasteiger partial charge >= 0.3 is 29.6 Å². The van der Waals surface area contributed by atoms with Crippen molar-refractivity contribution >= 4 is 12.4 Å². The summed E-state index contributed by atoms with van der Waals surface area (Å²) in [6.07, 6.45) is 4.12. The molecular formula is C6H12ClNa. The minimum atomic E-state index is 0. The van der Waals surface area contributed by atoms with Crippen LogP contribution in [0.2, 0.25) is 0 Å². The topological polar surface area (TPSA) is 0 Å². The molecule has 0 aliphatic heterocycles. The van der Waals surface area contributed by atoms with E-state index in [1.54, 1.807) is 0 Å². The molecule has 0 bridgehead atoms. The van der Waals surface area contributed by atoms with E-state index in [0.29, 0.717) is 0 Å². The Balaban J connectivity index is -0.000000125. The number of rotatable bonds is 1. The molecule has 0 spiro atoms. The maximum atomic E-state index is 2.08. The molecule has 0 aromatic heterocycles. The molecule has 0 N–H and O–H groups in total. The fourth-order valence-corrected chi connectivity index (χ4v) is 0.333. The summed E-state index contributed by atoms with van der Waals surface area (Å²) in [5.74, 6) is 0. The first-order valence-corrected chi connectivity index (χ1v) is 2.20. The molecule has 0 atom stereocenters. The van der Waals surface area contributed by atoms with Gasteiger partial charge in [0.1, 0.15) is 0 Å². The average molecular weight is 143 g/mol. The van der Waals surface area contributed by atoms with Gasteiger partial charge in [0, 0.05) is 0 Å². The summed E-state index contributed by atoms with van der Waals surface area (Å²) in [5, 5.41) is 0. The van der Waals surface area contributed by atoms with Crippen molar-refractivity contribution in [2.75, 3.05) is 0 Å². The zero-order valence-electron chi connectivity index (χ0n) is 6.06. The van der Waals surface area contributed by atoms with E-state index < -0.39 is 0 Å². The van der Waals surface area contributed by atoms with E-state index in [0.717, 1.165) is 0 Å². The third-order valence-electron chi connectivity index (χ3n) is 0.500. The molecular weight excluding hydrogens is 131 g/mol. The molecule has 0 nitrogen and oxygen atoms in total. The van der Waals surface area contributed by atoms with Crippen molar-refractivity contribution in [1.29, 1.82) is 0 Å². The third kappa shape index (κ3) is 15.8. The van der Waals surface area contributed by atoms with Crippen LogP contribution >= 0.6 is 12.4 Å². The molecule has 0 heterocycles. The molecule has 0 aliphatic carbocycles. The van der Waals surface area contributed by atoms with Gasteiger partial charge in [-0.2, -0.15) is 0 Å². The van der Waals surface area contributed by atoms with Crippen molar-refractivity contribution in [2.24, 2.45) is 0 Å². The molecule has 0 saturated carbocycles. The Hall–Kier alpha value is 0.900. The summed E-state index contributed by atoms with van der Waals surface area (Å²) in [7, 11) is 0. The third-order valence-corrected chi connectivity index (χ3v) is 0.500. The molecule has 0 aromatic carbocycles. The fraction of sp³-hybridized carbons (Fsp3) is 0.500. The molecule has 0 aliphatic rings. The molecule has 0 amide bonds. The second-order valence-corrected chi connectivity index (χ2v) is 1.58. The van der Waals surface area contributed by atoms with Crippen LogP contribution in [0.4, 0.5) is 0 Å². The van der Waals surface area contributed by atoms with Gasteiger partial charge < -0.3 is 0 Å². The minimum Gasteiger partial charge on any atom is -0.233 e. The first kappa shape index (κ1) is 16.0. The molecule has 8 heavy (non-hydrogen) atoms. The maximum Gasteiger partial charge on any atom is 1.00 e. The summed E-state index contributed by atoms with van der Waals surface area (Å²) in [4.78, 5) is 0. The smallest absolute Gasteiger partial charge is 0.233 e. The fourth-order valence-electron chi connectivity index (χ4n) is 0.333. The van der Waals surface area contributed by atoms with Gasteiger partial charge in [-0.3, -0.25) is 0 Å². The predicted octanol–water partition coefficient (Wildman–Crippen LogP) is -0.397. The first-order valence-electron chi connectivity index (χ1n) is 2.20. The molecule has 2 heteroatoms. The molecule has 0 rings (SSSR count). The largest absolute Gasteiger partial charge is 1.00 e. The number of allylic oxidation sites excluding steroid dienone is 2. The van der Waals surface area contributed by atoms with Crippen LogP contribution in [0.1, 0.15) is 20.8 Å². The van der Waals surface area contributed by atoms with E-state index in [-0.39, 0.29) is 42.0 Å². The summed E-state index contributed by atoms with van der Waals surface area (Å²) >= 11 is 0. The average Bonchev–Trinajstić information content (AvgIpc) is 1.35. The van der Waals surface area contributed by atoms with Gasteiger partial charge in [0.25, 0.3) is 0 Å².